The van der Waals surface area contributed by atoms with Gasteiger partial charge in [-0.3, -0.25) is 0 Å². The Morgan fingerprint density at radius 1 is 0.829 bits per heavy atom. The molecule has 4 rings (SSSR count). The van der Waals surface area contributed by atoms with E-state index in [1.807, 2.05) is 12.1 Å². The number of rotatable bonds is 7. The number of esters is 1. The maximum atomic E-state index is 13.5. The van der Waals surface area contributed by atoms with E-state index in [0.29, 0.717) is 5.75 Å². The predicted octanol–water partition coefficient (Wildman–Crippen LogP) is 6.71. The Bertz CT molecular complexity index is 1140. The highest BCUT2D eigenvalue weighted by atomic mass is 32.2. The molecule has 0 aliphatic heterocycles. The minimum absolute atomic E-state index is 0.200. The van der Waals surface area contributed by atoms with E-state index in [9.17, 15) is 13.6 Å². The van der Waals surface area contributed by atoms with Crippen molar-refractivity contribution in [3.05, 3.63) is 84.4 Å². The van der Waals surface area contributed by atoms with Crippen molar-refractivity contribution < 1.29 is 23.0 Å². The molecule has 0 amide bonds. The van der Waals surface area contributed by atoms with Crippen molar-refractivity contribution in [1.82, 2.24) is 0 Å². The Kier molecular flexibility index (Phi) is 8.09. The Balaban J connectivity index is 1.47. The van der Waals surface area contributed by atoms with Gasteiger partial charge in [-0.2, -0.15) is 0 Å². The molecule has 1 fully saturated rings. The van der Waals surface area contributed by atoms with Gasteiger partial charge in [-0.05, 0) is 105 Å². The normalized spacial score (nSPS) is 14.6. The lowest BCUT2D eigenvalue weighted by atomic mass is 9.85. The van der Waals surface area contributed by atoms with E-state index in [-0.39, 0.29) is 18.2 Å². The van der Waals surface area contributed by atoms with E-state index in [1.54, 1.807) is 43.3 Å². The maximum absolute atomic E-state index is 13.5. The van der Waals surface area contributed by atoms with Crippen molar-refractivity contribution >= 4 is 16.9 Å². The standard InChI is InChI=1S/C29H27F2O3S/c1-2-18-29(19-4-3-5-20-29)34-28(32)21-33-24-10-16-27(17-11-24)35(25-12-6-22(30)7-13-25)26-14-8-23(31)9-15-26/h6-17H,3-5,19-21H2,1H3/q+1. The molecule has 35 heavy (non-hydrogen) atoms. The Labute approximate surface area is 207 Å². The van der Waals surface area contributed by atoms with Gasteiger partial charge in [-0.15, -0.1) is 5.92 Å². The number of benzene rings is 3. The molecule has 0 radical (unpaired) electrons. The number of ether oxygens (including phenoxy) is 2. The van der Waals surface area contributed by atoms with Gasteiger partial charge in [0.1, 0.15) is 17.4 Å². The van der Waals surface area contributed by atoms with Crippen LogP contribution in [0.3, 0.4) is 0 Å². The third-order valence-corrected chi connectivity index (χ3v) is 8.07. The average molecular weight is 494 g/mol. The third-order valence-electron chi connectivity index (χ3n) is 5.84. The quantitative estimate of drug-likeness (QED) is 0.209. The van der Waals surface area contributed by atoms with Gasteiger partial charge >= 0.3 is 5.97 Å². The fourth-order valence-electron chi connectivity index (χ4n) is 4.21. The Hall–Kier alpha value is -3.30. The number of halogens is 2. The van der Waals surface area contributed by atoms with Gasteiger partial charge in [0.25, 0.3) is 0 Å². The molecule has 1 aliphatic carbocycles. The van der Waals surface area contributed by atoms with Crippen LogP contribution in [0.4, 0.5) is 8.78 Å². The number of carbonyl (C=O) groups is 1. The highest BCUT2D eigenvalue weighted by molar-refractivity contribution is 7.97. The van der Waals surface area contributed by atoms with Crippen LogP contribution in [0.2, 0.25) is 0 Å². The van der Waals surface area contributed by atoms with Gasteiger partial charge in [0, 0.05) is 0 Å². The molecule has 0 saturated heterocycles. The Morgan fingerprint density at radius 3 is 1.80 bits per heavy atom. The van der Waals surface area contributed by atoms with E-state index in [4.69, 9.17) is 9.47 Å². The molecule has 0 bridgehead atoms. The zero-order valence-corrected chi connectivity index (χ0v) is 20.4. The molecule has 3 nitrogen and oxygen atoms in total. The summed E-state index contributed by atoms with van der Waals surface area (Å²) in [7, 11) is -0.561. The SMILES string of the molecule is CC#CC1(OC(=O)COc2ccc([S+](c3ccc(F)cc3)c3ccc(F)cc3)cc2)CCCCC1. The van der Waals surface area contributed by atoms with Gasteiger partial charge in [-0.25, -0.2) is 13.6 Å². The van der Waals surface area contributed by atoms with Crippen molar-refractivity contribution in [3.8, 4) is 17.6 Å². The van der Waals surface area contributed by atoms with E-state index < -0.39 is 22.5 Å². The average Bonchev–Trinajstić information content (AvgIpc) is 2.87. The predicted molar refractivity (Wildman–Crippen MR) is 132 cm³/mol. The van der Waals surface area contributed by atoms with Crippen molar-refractivity contribution in [2.75, 3.05) is 6.61 Å². The highest BCUT2D eigenvalue weighted by Crippen LogP contribution is 2.33. The molecular weight excluding hydrogens is 466 g/mol. The fraction of sp³-hybridized carbons (Fsp3) is 0.276. The van der Waals surface area contributed by atoms with Crippen LogP contribution in [-0.2, 0) is 20.4 Å². The first-order chi connectivity index (χ1) is 17.0. The molecule has 0 unspecified atom stereocenters. The number of hydrogen-bond donors (Lipinski definition) is 0. The molecule has 1 saturated carbocycles. The van der Waals surface area contributed by atoms with E-state index in [1.165, 1.54) is 24.3 Å². The zero-order chi connectivity index (χ0) is 24.7. The first kappa shape index (κ1) is 24.8. The lowest BCUT2D eigenvalue weighted by molar-refractivity contribution is -0.159. The second-order valence-corrected chi connectivity index (χ2v) is 10.4. The summed E-state index contributed by atoms with van der Waals surface area (Å²) >= 11 is 0. The van der Waals surface area contributed by atoms with Crippen LogP contribution >= 0.6 is 0 Å². The summed E-state index contributed by atoms with van der Waals surface area (Å²) in [5.41, 5.74) is -0.698. The van der Waals surface area contributed by atoms with Crippen LogP contribution < -0.4 is 4.74 Å². The van der Waals surface area contributed by atoms with Gasteiger partial charge < -0.3 is 9.47 Å². The van der Waals surface area contributed by atoms with Crippen molar-refractivity contribution in [2.45, 2.75) is 59.3 Å². The smallest absolute Gasteiger partial charge is 0.345 e. The first-order valence-corrected chi connectivity index (χ1v) is 12.8. The summed E-state index contributed by atoms with van der Waals surface area (Å²) in [4.78, 5) is 15.3. The Morgan fingerprint density at radius 2 is 1.31 bits per heavy atom. The molecule has 3 aromatic rings. The van der Waals surface area contributed by atoms with Crippen LogP contribution in [0.25, 0.3) is 0 Å². The molecule has 180 valence electrons. The second-order valence-electron chi connectivity index (χ2n) is 8.38. The van der Waals surface area contributed by atoms with Gasteiger partial charge in [0.2, 0.25) is 0 Å². The zero-order valence-electron chi connectivity index (χ0n) is 19.6. The molecule has 0 heterocycles. The van der Waals surface area contributed by atoms with E-state index in [2.05, 4.69) is 11.8 Å². The molecule has 6 heteroatoms. The van der Waals surface area contributed by atoms with Crippen molar-refractivity contribution in [2.24, 2.45) is 0 Å². The first-order valence-electron chi connectivity index (χ1n) is 11.6. The fourth-order valence-corrected chi connectivity index (χ4v) is 6.26. The number of carbonyl (C=O) groups excluding carboxylic acids is 1. The third kappa shape index (κ3) is 6.43. The van der Waals surface area contributed by atoms with E-state index in [0.717, 1.165) is 46.8 Å². The van der Waals surface area contributed by atoms with Crippen LogP contribution in [0, 0.1) is 23.5 Å². The largest absolute Gasteiger partial charge is 0.482 e. The van der Waals surface area contributed by atoms with Crippen molar-refractivity contribution in [1.29, 1.82) is 0 Å². The minimum atomic E-state index is -0.698. The van der Waals surface area contributed by atoms with Crippen LogP contribution in [0.5, 0.6) is 5.75 Å². The lowest BCUT2D eigenvalue weighted by Gasteiger charge is -2.32. The van der Waals surface area contributed by atoms with Gasteiger partial charge in [0.15, 0.2) is 26.9 Å². The molecular formula is C29H27F2O3S+. The van der Waals surface area contributed by atoms with Crippen LogP contribution in [-0.4, -0.2) is 18.2 Å². The molecule has 1 aliphatic rings. The maximum Gasteiger partial charge on any atom is 0.345 e. The van der Waals surface area contributed by atoms with E-state index >= 15 is 0 Å². The number of hydrogen-bond acceptors (Lipinski definition) is 3. The second kappa shape index (κ2) is 11.4. The molecule has 0 aromatic heterocycles. The summed E-state index contributed by atoms with van der Waals surface area (Å²) in [6.45, 7) is 1.56. The molecule has 0 atom stereocenters. The molecule has 0 N–H and O–H groups in total. The van der Waals surface area contributed by atoms with Crippen molar-refractivity contribution in [3.63, 3.8) is 0 Å². The van der Waals surface area contributed by atoms with Crippen LogP contribution in [0.1, 0.15) is 39.0 Å². The minimum Gasteiger partial charge on any atom is -0.482 e. The summed E-state index contributed by atoms with van der Waals surface area (Å²) < 4.78 is 38.5. The molecule has 0 spiro atoms. The molecule has 3 aromatic carbocycles. The van der Waals surface area contributed by atoms with Crippen LogP contribution in [0.15, 0.2) is 87.5 Å². The summed E-state index contributed by atoms with van der Waals surface area (Å²) in [6.07, 6.45) is 4.63. The van der Waals surface area contributed by atoms with Gasteiger partial charge in [-0.1, -0.05) is 12.3 Å². The highest BCUT2D eigenvalue weighted by Gasteiger charge is 2.34. The summed E-state index contributed by atoms with van der Waals surface area (Å²) in [5, 5.41) is 0. The summed E-state index contributed by atoms with van der Waals surface area (Å²) in [6, 6.07) is 20.0. The van der Waals surface area contributed by atoms with Gasteiger partial charge in [0.05, 0.1) is 10.9 Å². The topological polar surface area (TPSA) is 35.5 Å². The lowest BCUT2D eigenvalue weighted by Crippen LogP contribution is -2.37. The summed E-state index contributed by atoms with van der Waals surface area (Å²) in [5.74, 6) is 5.46. The monoisotopic (exact) mass is 493 g/mol.